The number of hydrogen-bond acceptors (Lipinski definition) is 5. The normalized spacial score (nSPS) is 12.0. The van der Waals surface area contributed by atoms with Crippen LogP contribution >= 0.6 is 0 Å². The minimum atomic E-state index is -0.101. The first-order chi connectivity index (χ1) is 9.66. The van der Waals surface area contributed by atoms with Gasteiger partial charge in [-0.3, -0.25) is 0 Å². The lowest BCUT2D eigenvalue weighted by molar-refractivity contribution is 0.412. The Morgan fingerprint density at radius 1 is 1.05 bits per heavy atom. The Labute approximate surface area is 129 Å². The average molecular weight is 293 g/mol. The molecule has 0 radical (unpaired) electrons. The van der Waals surface area contributed by atoms with Crippen molar-refractivity contribution in [2.24, 2.45) is 0 Å². The van der Waals surface area contributed by atoms with Crippen molar-refractivity contribution in [3.05, 3.63) is 11.4 Å². The van der Waals surface area contributed by atoms with E-state index in [1.54, 1.807) is 0 Å². The summed E-state index contributed by atoms with van der Waals surface area (Å²) in [6.45, 7) is 13.5. The Kier molecular flexibility index (Phi) is 5.96. The van der Waals surface area contributed by atoms with Gasteiger partial charge in [0.25, 0.3) is 0 Å². The zero-order valence-corrected chi connectivity index (χ0v) is 14.7. The maximum absolute atomic E-state index is 6.12. The monoisotopic (exact) mass is 293 g/mol. The van der Waals surface area contributed by atoms with Gasteiger partial charge in [-0.15, -0.1) is 0 Å². The number of anilines is 2. The van der Waals surface area contributed by atoms with Crippen LogP contribution in [0.5, 0.6) is 0 Å². The van der Waals surface area contributed by atoms with Gasteiger partial charge in [0.2, 0.25) is 0 Å². The largest absolute Gasteiger partial charge is 0.383 e. The van der Waals surface area contributed by atoms with Gasteiger partial charge in [0.05, 0.1) is 0 Å². The molecule has 0 saturated heterocycles. The maximum atomic E-state index is 6.12. The van der Waals surface area contributed by atoms with Gasteiger partial charge in [0, 0.05) is 30.6 Å². The molecular formula is C16H31N5. The number of rotatable bonds is 6. The van der Waals surface area contributed by atoms with Gasteiger partial charge in [0.15, 0.2) is 0 Å². The smallest absolute Gasteiger partial charge is 0.138 e. The van der Waals surface area contributed by atoms with Crippen LogP contribution < -0.4 is 10.6 Å². The van der Waals surface area contributed by atoms with E-state index in [2.05, 4.69) is 56.6 Å². The van der Waals surface area contributed by atoms with Crippen molar-refractivity contribution in [2.75, 3.05) is 44.4 Å². The summed E-state index contributed by atoms with van der Waals surface area (Å²) in [5.74, 6) is 2.39. The van der Waals surface area contributed by atoms with Crippen LogP contribution in [0.3, 0.4) is 0 Å². The van der Waals surface area contributed by atoms with Crippen LogP contribution in [0.1, 0.15) is 45.5 Å². The van der Waals surface area contributed by atoms with Crippen molar-refractivity contribution in [3.63, 3.8) is 0 Å². The lowest BCUT2D eigenvalue weighted by Gasteiger charge is -2.28. The second-order valence-corrected chi connectivity index (χ2v) is 6.92. The third kappa shape index (κ3) is 4.84. The minimum Gasteiger partial charge on any atom is -0.383 e. The predicted octanol–water partition coefficient (Wildman–Crippen LogP) is 2.44. The summed E-state index contributed by atoms with van der Waals surface area (Å²) in [6, 6.07) is 0. The summed E-state index contributed by atoms with van der Waals surface area (Å²) in [5, 5.41) is 0. The Balaban J connectivity index is 3.19. The molecule has 120 valence electrons. The molecule has 2 N–H and O–H groups in total. The van der Waals surface area contributed by atoms with Gasteiger partial charge in [-0.2, -0.15) is 0 Å². The first-order valence-corrected chi connectivity index (χ1v) is 7.71. The van der Waals surface area contributed by atoms with Crippen molar-refractivity contribution >= 4 is 11.6 Å². The zero-order chi connectivity index (χ0) is 16.2. The van der Waals surface area contributed by atoms with Gasteiger partial charge >= 0.3 is 0 Å². The van der Waals surface area contributed by atoms with Crippen LogP contribution in [0, 0.1) is 6.92 Å². The number of hydrogen-bond donors (Lipinski definition) is 1. The fraction of sp³-hybridized carbons (Fsp3) is 0.750. The molecule has 21 heavy (non-hydrogen) atoms. The summed E-state index contributed by atoms with van der Waals surface area (Å²) >= 11 is 0. The van der Waals surface area contributed by atoms with Crippen LogP contribution in [0.2, 0.25) is 0 Å². The molecule has 0 fully saturated rings. The highest BCUT2D eigenvalue weighted by molar-refractivity contribution is 5.56. The van der Waals surface area contributed by atoms with Crippen molar-refractivity contribution in [1.82, 2.24) is 14.9 Å². The van der Waals surface area contributed by atoms with E-state index in [4.69, 9.17) is 10.7 Å². The number of nitrogens with zero attached hydrogens (tertiary/aromatic N) is 4. The highest BCUT2D eigenvalue weighted by atomic mass is 15.2. The Bertz CT molecular complexity index is 462. The summed E-state index contributed by atoms with van der Waals surface area (Å²) in [5.41, 5.74) is 7.00. The average Bonchev–Trinajstić information content (AvgIpc) is 2.36. The minimum absolute atomic E-state index is 0.101. The Hall–Kier alpha value is -1.36. The third-order valence-electron chi connectivity index (χ3n) is 3.44. The molecule has 5 heteroatoms. The molecule has 0 aliphatic heterocycles. The van der Waals surface area contributed by atoms with E-state index in [9.17, 15) is 0 Å². The Morgan fingerprint density at radius 2 is 1.67 bits per heavy atom. The van der Waals surface area contributed by atoms with E-state index in [0.717, 1.165) is 43.3 Å². The van der Waals surface area contributed by atoms with Gasteiger partial charge in [0.1, 0.15) is 17.5 Å². The van der Waals surface area contributed by atoms with Gasteiger partial charge in [-0.1, -0.05) is 27.7 Å². The van der Waals surface area contributed by atoms with Gasteiger partial charge in [-0.25, -0.2) is 9.97 Å². The second kappa shape index (κ2) is 7.07. The fourth-order valence-corrected chi connectivity index (χ4v) is 2.08. The summed E-state index contributed by atoms with van der Waals surface area (Å²) < 4.78 is 0. The second-order valence-electron chi connectivity index (χ2n) is 6.92. The standard InChI is InChI=1S/C16H31N5/c1-8-9-21(11-10-20(6)7)14-12(2)13(17)18-15(19-14)16(3,4)5/h8-11H2,1-7H3,(H2,17,18,19). The van der Waals surface area contributed by atoms with Crippen LogP contribution in [-0.4, -0.2) is 48.6 Å². The first-order valence-electron chi connectivity index (χ1n) is 7.71. The number of nitrogen functional groups attached to an aromatic ring is 1. The zero-order valence-electron chi connectivity index (χ0n) is 14.7. The Morgan fingerprint density at radius 3 is 2.14 bits per heavy atom. The number of likely N-dealkylation sites (N-methyl/N-ethyl adjacent to an activating group) is 1. The summed E-state index contributed by atoms with van der Waals surface area (Å²) in [7, 11) is 4.18. The van der Waals surface area contributed by atoms with Crippen LogP contribution in [0.25, 0.3) is 0 Å². The van der Waals surface area contributed by atoms with Crippen molar-refractivity contribution in [2.45, 2.75) is 46.5 Å². The molecule has 0 amide bonds. The van der Waals surface area contributed by atoms with Crippen molar-refractivity contribution in [1.29, 1.82) is 0 Å². The molecule has 0 unspecified atom stereocenters. The molecule has 1 rings (SSSR count). The van der Waals surface area contributed by atoms with E-state index < -0.39 is 0 Å². The van der Waals surface area contributed by atoms with E-state index in [1.807, 2.05) is 6.92 Å². The molecule has 0 spiro atoms. The topological polar surface area (TPSA) is 58.3 Å². The third-order valence-corrected chi connectivity index (χ3v) is 3.44. The van der Waals surface area contributed by atoms with E-state index >= 15 is 0 Å². The summed E-state index contributed by atoms with van der Waals surface area (Å²) in [6.07, 6.45) is 1.08. The molecular weight excluding hydrogens is 262 g/mol. The van der Waals surface area contributed by atoms with Gasteiger partial charge in [-0.05, 0) is 27.4 Å². The molecule has 5 nitrogen and oxygen atoms in total. The molecule has 0 aliphatic rings. The molecule has 1 aromatic heterocycles. The molecule has 0 atom stereocenters. The first kappa shape index (κ1) is 17.7. The van der Waals surface area contributed by atoms with Crippen LogP contribution in [-0.2, 0) is 5.41 Å². The molecule has 0 saturated carbocycles. The lowest BCUT2D eigenvalue weighted by atomic mass is 9.95. The van der Waals surface area contributed by atoms with E-state index in [0.29, 0.717) is 5.82 Å². The van der Waals surface area contributed by atoms with Gasteiger partial charge < -0.3 is 15.5 Å². The SMILES string of the molecule is CCCN(CCN(C)C)c1nc(C(C)(C)C)nc(N)c1C. The highest BCUT2D eigenvalue weighted by Gasteiger charge is 2.22. The van der Waals surface area contributed by atoms with Crippen LogP contribution in [0.4, 0.5) is 11.6 Å². The molecule has 1 aromatic rings. The molecule has 0 aromatic carbocycles. The van der Waals surface area contributed by atoms with Crippen LogP contribution in [0.15, 0.2) is 0 Å². The maximum Gasteiger partial charge on any atom is 0.138 e. The predicted molar refractivity (Wildman–Crippen MR) is 90.9 cm³/mol. The van der Waals surface area contributed by atoms with Crippen molar-refractivity contribution in [3.8, 4) is 0 Å². The highest BCUT2D eigenvalue weighted by Crippen LogP contribution is 2.27. The summed E-state index contributed by atoms with van der Waals surface area (Å²) in [4.78, 5) is 13.8. The fourth-order valence-electron chi connectivity index (χ4n) is 2.08. The molecule has 0 bridgehead atoms. The number of aromatic nitrogens is 2. The lowest BCUT2D eigenvalue weighted by Crippen LogP contribution is -2.34. The molecule has 1 heterocycles. The van der Waals surface area contributed by atoms with E-state index in [1.165, 1.54) is 0 Å². The molecule has 0 aliphatic carbocycles. The number of nitrogens with two attached hydrogens (primary N) is 1. The quantitative estimate of drug-likeness (QED) is 0.873. The van der Waals surface area contributed by atoms with Crippen molar-refractivity contribution < 1.29 is 0 Å². The van der Waals surface area contributed by atoms with E-state index in [-0.39, 0.29) is 5.41 Å².